The molecule has 2 amide bonds. The number of nitrogens with two attached hydrogens (primary N) is 3. The summed E-state index contributed by atoms with van der Waals surface area (Å²) in [5, 5.41) is 2.94. The van der Waals surface area contributed by atoms with Gasteiger partial charge < -0.3 is 41.6 Å². The molecule has 0 atom stereocenters. The summed E-state index contributed by atoms with van der Waals surface area (Å²) in [6.07, 6.45) is 4.00. The highest BCUT2D eigenvalue weighted by Gasteiger charge is 2.22. The van der Waals surface area contributed by atoms with Crippen molar-refractivity contribution in [3.05, 3.63) is 64.2 Å². The van der Waals surface area contributed by atoms with E-state index in [9.17, 15) is 14.4 Å². The molecule has 16 heteroatoms. The van der Waals surface area contributed by atoms with Crippen LogP contribution in [-0.4, -0.2) is 81.1 Å². The summed E-state index contributed by atoms with van der Waals surface area (Å²) in [6.45, 7) is 8.61. The van der Waals surface area contributed by atoms with Gasteiger partial charge >= 0.3 is 0 Å². The fourth-order valence-corrected chi connectivity index (χ4v) is 4.76. The molecule has 7 N–H and O–H groups in total. The highest BCUT2D eigenvalue weighted by molar-refractivity contribution is 6.00. The Balaban J connectivity index is 0.000000421. The molecule has 1 aliphatic heterocycles. The number of aromatic nitrogens is 5. The third-order valence-corrected chi connectivity index (χ3v) is 7.12. The minimum atomic E-state index is -0.929. The molecule has 0 aliphatic carbocycles. The molecule has 0 saturated carbocycles. The predicted octanol–water partition coefficient (Wildman–Crippen LogP) is 1.10. The van der Waals surface area contributed by atoms with Crippen molar-refractivity contribution in [2.24, 2.45) is 11.5 Å². The van der Waals surface area contributed by atoms with Crippen LogP contribution < -0.4 is 37.6 Å². The molecule has 0 bridgehead atoms. The van der Waals surface area contributed by atoms with Gasteiger partial charge in [-0.2, -0.15) is 4.98 Å². The first kappa shape index (κ1) is 31.6. The fourth-order valence-electron chi connectivity index (χ4n) is 4.76. The molecule has 0 unspecified atom stereocenters. The van der Waals surface area contributed by atoms with Gasteiger partial charge in [0.25, 0.3) is 11.8 Å². The van der Waals surface area contributed by atoms with Gasteiger partial charge in [0.05, 0.1) is 12.5 Å². The van der Waals surface area contributed by atoms with Crippen molar-refractivity contribution >= 4 is 46.0 Å². The number of fused-ring (bicyclic) bond motifs is 1. The van der Waals surface area contributed by atoms with Crippen molar-refractivity contribution in [2.45, 2.75) is 20.4 Å². The van der Waals surface area contributed by atoms with Crippen LogP contribution in [0.2, 0.25) is 0 Å². The van der Waals surface area contributed by atoms with Crippen molar-refractivity contribution in [1.82, 2.24) is 29.4 Å². The van der Waals surface area contributed by atoms with Crippen molar-refractivity contribution in [2.75, 3.05) is 55.8 Å². The molecule has 3 aromatic heterocycles. The molecule has 15 nitrogen and oxygen atoms in total. The summed E-state index contributed by atoms with van der Waals surface area (Å²) < 4.78 is 22.2. The van der Waals surface area contributed by atoms with Crippen LogP contribution in [0.5, 0.6) is 5.75 Å². The number of hydrogen-bond donors (Lipinski definition) is 4. The molecular formula is C28H34FN11O4. The molecule has 0 spiro atoms. The topological polar surface area (TPSA) is 213 Å². The number of hydrogen-bond acceptors (Lipinski definition) is 12. The summed E-state index contributed by atoms with van der Waals surface area (Å²) in [5.41, 5.74) is 16.5. The van der Waals surface area contributed by atoms with E-state index in [0.29, 0.717) is 6.54 Å². The first-order valence-electron chi connectivity index (χ1n) is 13.8. The normalized spacial score (nSPS) is 13.2. The number of rotatable bonds is 8. The van der Waals surface area contributed by atoms with Crippen LogP contribution in [0.25, 0.3) is 11.0 Å². The van der Waals surface area contributed by atoms with E-state index < -0.39 is 23.1 Å². The second kappa shape index (κ2) is 13.7. The number of piperazine rings is 1. The highest BCUT2D eigenvalue weighted by atomic mass is 19.1. The summed E-state index contributed by atoms with van der Waals surface area (Å²) in [6, 6.07) is 4.68. The van der Waals surface area contributed by atoms with Crippen molar-refractivity contribution < 1.29 is 18.7 Å². The van der Waals surface area contributed by atoms with Crippen LogP contribution in [0.4, 0.5) is 27.5 Å². The van der Waals surface area contributed by atoms with Gasteiger partial charge in [-0.05, 0) is 25.6 Å². The van der Waals surface area contributed by atoms with Crippen LogP contribution >= 0.6 is 0 Å². The Morgan fingerprint density at radius 2 is 1.80 bits per heavy atom. The van der Waals surface area contributed by atoms with E-state index in [1.54, 1.807) is 13.0 Å². The molecule has 44 heavy (non-hydrogen) atoms. The number of benzene rings is 1. The first-order valence-corrected chi connectivity index (χ1v) is 13.8. The smallest absolute Gasteiger partial charge is 0.267 e. The lowest BCUT2D eigenvalue weighted by molar-refractivity contribution is 0.0989. The monoisotopic (exact) mass is 607 g/mol. The zero-order chi connectivity index (χ0) is 32.0. The van der Waals surface area contributed by atoms with Crippen LogP contribution in [-0.2, 0) is 6.54 Å². The maximum atomic E-state index is 15.2. The number of nitrogen functional groups attached to an aromatic ring is 1. The summed E-state index contributed by atoms with van der Waals surface area (Å²) >= 11 is 0. The van der Waals surface area contributed by atoms with Crippen LogP contribution in [0.3, 0.4) is 0 Å². The Hall–Kier alpha value is -5.38. The molecule has 1 fully saturated rings. The SMILES string of the molecule is CCN1CCN(c2cc(F)c(Nc3ncc4c(=O)c(C(N)=O)c(N)n(CC)c4n3)c(OC)c2)CC1.NC(=O)c1ccncn1. The number of nitrogens with zero attached hydrogens (tertiary/aromatic N) is 7. The minimum absolute atomic E-state index is 0.0341. The highest BCUT2D eigenvalue weighted by Crippen LogP contribution is 2.35. The van der Waals surface area contributed by atoms with E-state index in [2.05, 4.69) is 42.0 Å². The number of ether oxygens (including phenoxy) is 1. The predicted molar refractivity (Wildman–Crippen MR) is 164 cm³/mol. The third-order valence-electron chi connectivity index (χ3n) is 7.12. The summed E-state index contributed by atoms with van der Waals surface area (Å²) in [5.74, 6) is -1.75. The van der Waals surface area contributed by atoms with E-state index in [4.69, 9.17) is 21.9 Å². The number of carbonyl (C=O) groups excluding carboxylic acids is 2. The molecule has 1 aromatic carbocycles. The lowest BCUT2D eigenvalue weighted by atomic mass is 10.1. The maximum absolute atomic E-state index is 15.2. The average Bonchev–Trinajstić information content (AvgIpc) is 3.02. The number of anilines is 4. The Morgan fingerprint density at radius 3 is 2.34 bits per heavy atom. The number of nitrogens with one attached hydrogen (secondary N) is 1. The van der Waals surface area contributed by atoms with E-state index >= 15 is 4.39 Å². The first-order chi connectivity index (χ1) is 21.1. The van der Waals surface area contributed by atoms with Gasteiger partial charge in [-0.25, -0.2) is 19.3 Å². The maximum Gasteiger partial charge on any atom is 0.267 e. The lowest BCUT2D eigenvalue weighted by Gasteiger charge is -2.35. The second-order valence-electron chi connectivity index (χ2n) is 9.64. The minimum Gasteiger partial charge on any atom is -0.494 e. The number of likely N-dealkylation sites (N-methyl/N-ethyl adjacent to an activating group) is 1. The second-order valence-corrected chi connectivity index (χ2v) is 9.64. The number of aryl methyl sites for hydroxylation is 1. The summed E-state index contributed by atoms with van der Waals surface area (Å²) in [7, 11) is 1.46. The number of halogens is 1. The number of methoxy groups -OCH3 is 1. The molecule has 5 rings (SSSR count). The number of pyridine rings is 1. The molecular weight excluding hydrogens is 573 g/mol. The molecule has 232 valence electrons. The zero-order valence-corrected chi connectivity index (χ0v) is 24.6. The standard InChI is InChI=1S/C23H29FN8O3.C5H5N3O/c1-4-30-6-8-31(9-7-30)13-10-15(24)18(16(11-13)35-3)28-23-27-12-14-19(33)17(21(26)34)20(25)32(5-2)22(14)29-23;6-5(9)4-1-2-7-3-8-4/h10-12H,4-9,25H2,1-3H3,(H2,26,34)(H,27,28,29);1-3H,(H2,6,9). The number of carbonyl (C=O) groups is 2. The Labute approximate surface area is 251 Å². The zero-order valence-electron chi connectivity index (χ0n) is 24.6. The van der Waals surface area contributed by atoms with Crippen molar-refractivity contribution in [3.8, 4) is 5.75 Å². The van der Waals surface area contributed by atoms with Gasteiger partial charge in [0.15, 0.2) is 11.5 Å². The Kier molecular flexibility index (Phi) is 9.85. The van der Waals surface area contributed by atoms with Crippen LogP contribution in [0, 0.1) is 5.82 Å². The van der Waals surface area contributed by atoms with E-state index in [1.165, 1.54) is 42.5 Å². The van der Waals surface area contributed by atoms with Crippen LogP contribution in [0.15, 0.2) is 41.7 Å². The van der Waals surface area contributed by atoms with E-state index in [0.717, 1.165) is 38.4 Å². The Bertz CT molecular complexity index is 1720. The van der Waals surface area contributed by atoms with Gasteiger partial charge in [-0.3, -0.25) is 14.4 Å². The molecule has 1 saturated heterocycles. The molecule has 0 radical (unpaired) electrons. The molecule has 4 heterocycles. The summed E-state index contributed by atoms with van der Waals surface area (Å²) in [4.78, 5) is 55.0. The van der Waals surface area contributed by atoms with Gasteiger partial charge in [0.2, 0.25) is 11.4 Å². The molecule has 4 aromatic rings. The van der Waals surface area contributed by atoms with Gasteiger partial charge in [-0.1, -0.05) is 6.92 Å². The lowest BCUT2D eigenvalue weighted by Crippen LogP contribution is -2.46. The van der Waals surface area contributed by atoms with Crippen LogP contribution in [0.1, 0.15) is 34.7 Å². The van der Waals surface area contributed by atoms with Crippen molar-refractivity contribution in [3.63, 3.8) is 0 Å². The van der Waals surface area contributed by atoms with E-state index in [-0.39, 0.29) is 45.5 Å². The third kappa shape index (κ3) is 6.64. The van der Waals surface area contributed by atoms with Crippen molar-refractivity contribution in [1.29, 1.82) is 0 Å². The largest absolute Gasteiger partial charge is 0.494 e. The van der Waals surface area contributed by atoms with Gasteiger partial charge in [0.1, 0.15) is 34.8 Å². The molecule has 1 aliphatic rings. The Morgan fingerprint density at radius 1 is 1.07 bits per heavy atom. The van der Waals surface area contributed by atoms with E-state index in [1.807, 2.05) is 0 Å². The van der Waals surface area contributed by atoms with Gasteiger partial charge in [0, 0.05) is 56.9 Å². The number of amides is 2. The fraction of sp³-hybridized carbons (Fsp3) is 0.321. The number of primary amides is 2. The quantitative estimate of drug-likeness (QED) is 0.222. The van der Waals surface area contributed by atoms with Gasteiger partial charge in [-0.15, -0.1) is 0 Å². The average molecular weight is 608 g/mol.